The molecule has 5 nitrogen and oxygen atoms in total. The van der Waals surface area contributed by atoms with E-state index in [9.17, 15) is 4.79 Å². The van der Waals surface area contributed by atoms with Gasteiger partial charge in [-0.25, -0.2) is 4.79 Å². The van der Waals surface area contributed by atoms with Crippen molar-refractivity contribution in [1.29, 1.82) is 0 Å². The average molecular weight is 287 g/mol. The van der Waals surface area contributed by atoms with E-state index in [-0.39, 0.29) is 25.8 Å². The number of nitrogens with zero attached hydrogens (tertiary/aromatic N) is 1. The number of anilines is 1. The lowest BCUT2D eigenvalue weighted by Crippen LogP contribution is -2.38. The third-order valence-corrected chi connectivity index (χ3v) is 2.92. The van der Waals surface area contributed by atoms with E-state index in [1.54, 1.807) is 12.1 Å². The number of halogens is 1. The van der Waals surface area contributed by atoms with Gasteiger partial charge < -0.3 is 20.4 Å². The molecule has 0 saturated heterocycles. The molecule has 0 radical (unpaired) electrons. The zero-order valence-corrected chi connectivity index (χ0v) is 11.7. The van der Waals surface area contributed by atoms with E-state index in [0.717, 1.165) is 5.56 Å². The fraction of sp³-hybridized carbons (Fsp3) is 0.462. The van der Waals surface area contributed by atoms with Crippen LogP contribution in [0.1, 0.15) is 12.0 Å². The molecule has 2 amide bonds. The highest BCUT2D eigenvalue weighted by Gasteiger charge is 2.13. The lowest BCUT2D eigenvalue weighted by Gasteiger charge is -2.22. The third kappa shape index (κ3) is 5.06. The second kappa shape index (κ2) is 7.99. The van der Waals surface area contributed by atoms with Crippen LogP contribution in [0, 0.1) is 6.92 Å². The summed E-state index contributed by atoms with van der Waals surface area (Å²) in [6.07, 6.45) is 0.467. The molecule has 0 saturated carbocycles. The van der Waals surface area contributed by atoms with Crippen molar-refractivity contribution < 1.29 is 15.0 Å². The van der Waals surface area contributed by atoms with Gasteiger partial charge in [-0.3, -0.25) is 0 Å². The first kappa shape index (κ1) is 15.8. The number of benzene rings is 1. The molecule has 1 rings (SSSR count). The lowest BCUT2D eigenvalue weighted by molar-refractivity contribution is 0.180. The van der Waals surface area contributed by atoms with E-state index in [1.807, 2.05) is 13.0 Å². The Morgan fingerprint density at radius 3 is 2.63 bits per heavy atom. The van der Waals surface area contributed by atoms with Crippen molar-refractivity contribution in [2.24, 2.45) is 0 Å². The molecule has 0 aromatic heterocycles. The van der Waals surface area contributed by atoms with Gasteiger partial charge in [-0.2, -0.15) is 0 Å². The maximum Gasteiger partial charge on any atom is 0.321 e. The van der Waals surface area contributed by atoms with Gasteiger partial charge in [0.05, 0.1) is 17.3 Å². The lowest BCUT2D eigenvalue weighted by atomic mass is 10.2. The molecule has 0 aliphatic rings. The molecule has 0 atom stereocenters. The number of hydrogen-bond acceptors (Lipinski definition) is 3. The summed E-state index contributed by atoms with van der Waals surface area (Å²) in [4.78, 5) is 13.4. The van der Waals surface area contributed by atoms with E-state index in [1.165, 1.54) is 4.90 Å². The Hall–Kier alpha value is -1.30. The average Bonchev–Trinajstić information content (AvgIpc) is 2.37. The van der Waals surface area contributed by atoms with Crippen LogP contribution < -0.4 is 5.32 Å². The van der Waals surface area contributed by atoms with Gasteiger partial charge in [-0.05, 0) is 31.0 Å². The summed E-state index contributed by atoms with van der Waals surface area (Å²) in [6, 6.07) is 5.01. The monoisotopic (exact) mass is 286 g/mol. The van der Waals surface area contributed by atoms with Gasteiger partial charge in [0.25, 0.3) is 0 Å². The molecular weight excluding hydrogens is 268 g/mol. The van der Waals surface area contributed by atoms with E-state index in [0.29, 0.717) is 23.7 Å². The number of hydrogen-bond donors (Lipinski definition) is 3. The number of urea groups is 1. The second-order valence-electron chi connectivity index (χ2n) is 4.20. The molecule has 6 heteroatoms. The Balaban J connectivity index is 2.69. The van der Waals surface area contributed by atoms with E-state index in [4.69, 9.17) is 21.8 Å². The molecule has 0 spiro atoms. The number of nitrogens with one attached hydrogen (secondary N) is 1. The van der Waals surface area contributed by atoms with Gasteiger partial charge in [0.2, 0.25) is 0 Å². The summed E-state index contributed by atoms with van der Waals surface area (Å²) in [5.74, 6) is 0. The van der Waals surface area contributed by atoms with Crippen LogP contribution in [0.2, 0.25) is 5.02 Å². The number of carbonyl (C=O) groups excluding carboxylic acids is 1. The standard InChI is InChI=1S/C13H19ClN2O3/c1-10-3-4-12(11(14)9-10)15-13(19)16(6-8-18)5-2-7-17/h3-4,9,17-18H,2,5-8H2,1H3,(H,15,19). The topological polar surface area (TPSA) is 72.8 Å². The predicted octanol–water partition coefficient (Wildman–Crippen LogP) is 1.86. The normalized spacial score (nSPS) is 10.3. The van der Waals surface area contributed by atoms with Crippen LogP contribution in [0.3, 0.4) is 0 Å². The summed E-state index contributed by atoms with van der Waals surface area (Å²) in [5.41, 5.74) is 1.54. The number of aryl methyl sites for hydroxylation is 1. The summed E-state index contributed by atoms with van der Waals surface area (Å²) in [6.45, 7) is 2.39. The Bertz CT molecular complexity index is 426. The maximum atomic E-state index is 12.0. The third-order valence-electron chi connectivity index (χ3n) is 2.61. The SMILES string of the molecule is Cc1ccc(NC(=O)N(CCO)CCCO)c(Cl)c1. The van der Waals surface area contributed by atoms with Gasteiger partial charge in [0, 0.05) is 19.7 Å². The molecule has 0 aliphatic carbocycles. The zero-order valence-electron chi connectivity index (χ0n) is 10.9. The minimum Gasteiger partial charge on any atom is -0.396 e. The van der Waals surface area contributed by atoms with Crippen molar-refractivity contribution >= 4 is 23.3 Å². The molecule has 0 aliphatic heterocycles. The van der Waals surface area contributed by atoms with Gasteiger partial charge in [0.1, 0.15) is 0 Å². The largest absolute Gasteiger partial charge is 0.396 e. The Labute approximate surface area is 117 Å². The molecule has 0 bridgehead atoms. The molecule has 106 valence electrons. The zero-order chi connectivity index (χ0) is 14.3. The molecule has 0 heterocycles. The smallest absolute Gasteiger partial charge is 0.321 e. The van der Waals surface area contributed by atoms with Crippen molar-refractivity contribution in [3.63, 3.8) is 0 Å². The van der Waals surface area contributed by atoms with E-state index in [2.05, 4.69) is 5.32 Å². The van der Waals surface area contributed by atoms with Crippen LogP contribution in [0.4, 0.5) is 10.5 Å². The van der Waals surface area contributed by atoms with Crippen LogP contribution in [0.5, 0.6) is 0 Å². The van der Waals surface area contributed by atoms with E-state index < -0.39 is 0 Å². The minimum atomic E-state index is -0.340. The molecule has 1 aromatic carbocycles. The van der Waals surface area contributed by atoms with Gasteiger partial charge in [0.15, 0.2) is 0 Å². The fourth-order valence-corrected chi connectivity index (χ4v) is 1.90. The highest BCUT2D eigenvalue weighted by molar-refractivity contribution is 6.33. The van der Waals surface area contributed by atoms with Crippen molar-refractivity contribution in [2.75, 3.05) is 31.6 Å². The summed E-state index contributed by atoms with van der Waals surface area (Å²) < 4.78 is 0. The second-order valence-corrected chi connectivity index (χ2v) is 4.61. The Morgan fingerprint density at radius 2 is 2.05 bits per heavy atom. The maximum absolute atomic E-state index is 12.0. The van der Waals surface area contributed by atoms with E-state index >= 15 is 0 Å². The van der Waals surface area contributed by atoms with Gasteiger partial charge in [-0.15, -0.1) is 0 Å². The van der Waals surface area contributed by atoms with Crippen molar-refractivity contribution in [1.82, 2.24) is 4.90 Å². The number of amides is 2. The number of carbonyl (C=O) groups is 1. The van der Waals surface area contributed by atoms with Crippen LogP contribution in [0.25, 0.3) is 0 Å². The van der Waals surface area contributed by atoms with Crippen LogP contribution >= 0.6 is 11.6 Å². The predicted molar refractivity (Wildman–Crippen MR) is 75.6 cm³/mol. The minimum absolute atomic E-state index is 0.000492. The number of aliphatic hydroxyl groups is 2. The highest BCUT2D eigenvalue weighted by atomic mass is 35.5. The fourth-order valence-electron chi connectivity index (χ4n) is 1.61. The quantitative estimate of drug-likeness (QED) is 0.747. The van der Waals surface area contributed by atoms with Crippen molar-refractivity contribution in [2.45, 2.75) is 13.3 Å². The van der Waals surface area contributed by atoms with Gasteiger partial charge in [-0.1, -0.05) is 17.7 Å². The van der Waals surface area contributed by atoms with Crippen LogP contribution in [-0.4, -0.2) is 47.4 Å². The summed E-state index contributed by atoms with van der Waals surface area (Å²) in [5, 5.41) is 20.9. The molecule has 0 unspecified atom stereocenters. The van der Waals surface area contributed by atoms with Crippen molar-refractivity contribution in [3.8, 4) is 0 Å². The van der Waals surface area contributed by atoms with Crippen LogP contribution in [-0.2, 0) is 0 Å². The summed E-state index contributed by atoms with van der Waals surface area (Å²) in [7, 11) is 0. The highest BCUT2D eigenvalue weighted by Crippen LogP contribution is 2.22. The van der Waals surface area contributed by atoms with Crippen LogP contribution in [0.15, 0.2) is 18.2 Å². The summed E-state index contributed by atoms with van der Waals surface area (Å²) >= 11 is 6.04. The molecule has 3 N–H and O–H groups in total. The number of aliphatic hydroxyl groups excluding tert-OH is 2. The first-order valence-corrected chi connectivity index (χ1v) is 6.50. The molecule has 1 aromatic rings. The number of rotatable bonds is 6. The Kier molecular flexibility index (Phi) is 6.62. The van der Waals surface area contributed by atoms with Crippen molar-refractivity contribution in [3.05, 3.63) is 28.8 Å². The molecule has 19 heavy (non-hydrogen) atoms. The van der Waals surface area contributed by atoms with Gasteiger partial charge >= 0.3 is 6.03 Å². The molecular formula is C13H19ClN2O3. The first-order chi connectivity index (χ1) is 9.08. The Morgan fingerprint density at radius 1 is 1.32 bits per heavy atom. The molecule has 0 fully saturated rings. The first-order valence-electron chi connectivity index (χ1n) is 6.12.